The fourth-order valence-electron chi connectivity index (χ4n) is 1.19. The number of aromatic nitrogens is 2. The van der Waals surface area contributed by atoms with E-state index < -0.39 is 0 Å². The van der Waals surface area contributed by atoms with Gasteiger partial charge in [-0.15, -0.1) is 0 Å². The summed E-state index contributed by atoms with van der Waals surface area (Å²) in [5.41, 5.74) is 5.26. The molecule has 1 aromatic rings. The molecule has 0 spiro atoms. The largest absolute Gasteiger partial charge is 0.361 e. The molecule has 96 valence electrons. The summed E-state index contributed by atoms with van der Waals surface area (Å²) in [6.45, 7) is 2.87. The average molecular weight is 273 g/mol. The predicted octanol–water partition coefficient (Wildman–Crippen LogP) is 0.892. The lowest BCUT2D eigenvalue weighted by Gasteiger charge is -2.15. The molecule has 1 aromatic heterocycles. The van der Waals surface area contributed by atoms with Crippen LogP contribution in [-0.2, 0) is 5.75 Å². The minimum atomic E-state index is 0.660. The molecule has 0 unspecified atom stereocenters. The number of aromatic amines is 1. The summed E-state index contributed by atoms with van der Waals surface area (Å²) < 4.78 is 0. The van der Waals surface area contributed by atoms with E-state index in [1.54, 1.807) is 6.33 Å². The summed E-state index contributed by atoms with van der Waals surface area (Å²) in [6.07, 6.45) is 1.74. The Hall–Kier alpha value is -0.790. The lowest BCUT2D eigenvalue weighted by molar-refractivity contribution is 0.360. The third-order valence-electron chi connectivity index (χ3n) is 2.04. The summed E-state index contributed by atoms with van der Waals surface area (Å²) >= 11 is 6.94. The minimum absolute atomic E-state index is 0.660. The van der Waals surface area contributed by atoms with Crippen LogP contribution in [0.3, 0.4) is 0 Å². The molecule has 0 radical (unpaired) electrons. The average Bonchev–Trinajstić information content (AvgIpc) is 2.63. The van der Waals surface area contributed by atoms with Crippen LogP contribution in [0, 0.1) is 6.92 Å². The van der Waals surface area contributed by atoms with Crippen molar-refractivity contribution in [1.29, 1.82) is 0 Å². The van der Waals surface area contributed by atoms with Gasteiger partial charge in [0.2, 0.25) is 0 Å². The molecule has 0 aliphatic rings. The van der Waals surface area contributed by atoms with E-state index in [-0.39, 0.29) is 0 Å². The highest BCUT2D eigenvalue weighted by atomic mass is 32.2. The van der Waals surface area contributed by atoms with Crippen molar-refractivity contribution in [3.63, 3.8) is 0 Å². The molecule has 0 bridgehead atoms. The molecule has 0 aromatic carbocycles. The molecule has 0 fully saturated rings. The zero-order valence-electron chi connectivity index (χ0n) is 10.4. The molecule has 3 N–H and O–H groups in total. The van der Waals surface area contributed by atoms with Gasteiger partial charge in [0.1, 0.15) is 0 Å². The van der Waals surface area contributed by atoms with Crippen molar-refractivity contribution in [2.45, 2.75) is 12.7 Å². The van der Waals surface area contributed by atoms with Gasteiger partial charge < -0.3 is 10.3 Å². The van der Waals surface area contributed by atoms with Crippen molar-refractivity contribution in [3.05, 3.63) is 17.7 Å². The van der Waals surface area contributed by atoms with Crippen molar-refractivity contribution in [2.75, 3.05) is 26.4 Å². The Morgan fingerprint density at radius 1 is 1.59 bits per heavy atom. The third kappa shape index (κ3) is 5.90. The highest BCUT2D eigenvalue weighted by molar-refractivity contribution is 7.98. The molecule has 0 amide bonds. The molecule has 0 aliphatic carbocycles. The lowest BCUT2D eigenvalue weighted by atomic mass is 10.4. The standard InChI is InChI=1S/C10H19N5S2/c1-8-9(13-7-12-8)6-17-5-4-11-10(16)14-15(2)3/h7H,4-6H2,1-3H3,(H,12,13)(H2,11,14,16). The van der Waals surface area contributed by atoms with Crippen LogP contribution in [-0.4, -0.2) is 46.5 Å². The summed E-state index contributed by atoms with van der Waals surface area (Å²) in [5.74, 6) is 1.97. The monoisotopic (exact) mass is 273 g/mol. The second-order valence-corrected chi connectivity index (χ2v) is 5.29. The number of imidazole rings is 1. The van der Waals surface area contributed by atoms with Crippen molar-refractivity contribution < 1.29 is 0 Å². The Bertz CT molecular complexity index is 350. The van der Waals surface area contributed by atoms with Gasteiger partial charge >= 0.3 is 0 Å². The molecule has 0 saturated heterocycles. The van der Waals surface area contributed by atoms with Crippen molar-refractivity contribution >= 4 is 29.1 Å². The van der Waals surface area contributed by atoms with Crippen molar-refractivity contribution in [3.8, 4) is 0 Å². The number of aryl methyl sites for hydroxylation is 1. The summed E-state index contributed by atoms with van der Waals surface area (Å²) in [5, 5.41) is 5.62. The van der Waals surface area contributed by atoms with E-state index in [1.807, 2.05) is 37.8 Å². The molecule has 1 heterocycles. The number of hydrogen-bond donors (Lipinski definition) is 3. The number of nitrogens with one attached hydrogen (secondary N) is 3. The molecule has 0 saturated carbocycles. The molecule has 0 atom stereocenters. The zero-order valence-corrected chi connectivity index (χ0v) is 12.0. The fourth-order valence-corrected chi connectivity index (χ4v) is 2.36. The Morgan fingerprint density at radius 3 is 2.94 bits per heavy atom. The van der Waals surface area contributed by atoms with Crippen molar-refractivity contribution in [1.82, 2.24) is 25.7 Å². The van der Waals surface area contributed by atoms with Gasteiger partial charge in [0, 0.05) is 37.8 Å². The minimum Gasteiger partial charge on any atom is -0.361 e. The Balaban J connectivity index is 2.05. The third-order valence-corrected chi connectivity index (χ3v) is 3.26. The smallest absolute Gasteiger partial charge is 0.181 e. The van der Waals surface area contributed by atoms with E-state index >= 15 is 0 Å². The molecule has 17 heavy (non-hydrogen) atoms. The van der Waals surface area contributed by atoms with E-state index in [2.05, 4.69) is 20.7 Å². The van der Waals surface area contributed by atoms with Crippen LogP contribution in [0.4, 0.5) is 0 Å². The van der Waals surface area contributed by atoms with Crippen molar-refractivity contribution in [2.24, 2.45) is 0 Å². The maximum absolute atomic E-state index is 5.09. The quantitative estimate of drug-likeness (QED) is 0.407. The van der Waals surface area contributed by atoms with Gasteiger partial charge in [0.05, 0.1) is 12.0 Å². The first-order valence-electron chi connectivity index (χ1n) is 5.38. The van der Waals surface area contributed by atoms with Crippen LogP contribution < -0.4 is 10.7 Å². The molecular weight excluding hydrogens is 254 g/mol. The fraction of sp³-hybridized carbons (Fsp3) is 0.600. The van der Waals surface area contributed by atoms with Gasteiger partial charge in [-0.1, -0.05) is 0 Å². The number of hydrogen-bond acceptors (Lipinski definition) is 4. The zero-order chi connectivity index (χ0) is 12.7. The summed E-state index contributed by atoms with van der Waals surface area (Å²) in [6, 6.07) is 0. The van der Waals surface area contributed by atoms with Crippen LogP contribution in [0.5, 0.6) is 0 Å². The normalized spacial score (nSPS) is 10.6. The summed E-state index contributed by atoms with van der Waals surface area (Å²) in [4.78, 5) is 7.29. The maximum atomic E-state index is 5.09. The molecule has 1 rings (SSSR count). The number of nitrogens with zero attached hydrogens (tertiary/aromatic N) is 2. The number of thiocarbonyl (C=S) groups is 1. The summed E-state index contributed by atoms with van der Waals surface area (Å²) in [7, 11) is 3.81. The van der Waals surface area contributed by atoms with Gasteiger partial charge in [-0.3, -0.25) is 5.43 Å². The first kappa shape index (κ1) is 14.3. The lowest BCUT2D eigenvalue weighted by Crippen LogP contribution is -2.43. The Kier molecular flexibility index (Phi) is 6.31. The van der Waals surface area contributed by atoms with Gasteiger partial charge in [0.15, 0.2) is 5.11 Å². The number of rotatable bonds is 6. The van der Waals surface area contributed by atoms with Crippen LogP contribution in [0.2, 0.25) is 0 Å². The van der Waals surface area contributed by atoms with Gasteiger partial charge in [-0.2, -0.15) is 11.8 Å². The second-order valence-electron chi connectivity index (χ2n) is 3.78. The number of hydrazine groups is 1. The topological polar surface area (TPSA) is 56.0 Å². The van der Waals surface area contributed by atoms with E-state index in [0.29, 0.717) is 5.11 Å². The second kappa shape index (κ2) is 7.52. The van der Waals surface area contributed by atoms with E-state index in [0.717, 1.165) is 23.7 Å². The Labute approximate surface area is 112 Å². The molecular formula is C10H19N5S2. The highest BCUT2D eigenvalue weighted by Gasteiger charge is 2.00. The van der Waals surface area contributed by atoms with E-state index in [1.165, 1.54) is 5.69 Å². The Morgan fingerprint density at radius 2 is 2.35 bits per heavy atom. The van der Waals surface area contributed by atoms with Gasteiger partial charge in [-0.05, 0) is 19.1 Å². The van der Waals surface area contributed by atoms with Crippen LogP contribution >= 0.6 is 24.0 Å². The first-order valence-corrected chi connectivity index (χ1v) is 6.94. The molecule has 7 heteroatoms. The highest BCUT2D eigenvalue weighted by Crippen LogP contribution is 2.11. The first-order chi connectivity index (χ1) is 8.09. The predicted molar refractivity (Wildman–Crippen MR) is 76.9 cm³/mol. The molecule has 5 nitrogen and oxygen atoms in total. The van der Waals surface area contributed by atoms with Crippen LogP contribution in [0.1, 0.15) is 11.4 Å². The van der Waals surface area contributed by atoms with E-state index in [4.69, 9.17) is 12.2 Å². The van der Waals surface area contributed by atoms with Gasteiger partial charge in [0.25, 0.3) is 0 Å². The maximum Gasteiger partial charge on any atom is 0.181 e. The number of H-pyrrole nitrogens is 1. The molecule has 0 aliphatic heterocycles. The SMILES string of the molecule is Cc1nc[nH]c1CSCCNC(=S)NN(C)C. The van der Waals surface area contributed by atoms with Crippen LogP contribution in [0.25, 0.3) is 0 Å². The van der Waals surface area contributed by atoms with Gasteiger partial charge in [-0.25, -0.2) is 9.99 Å². The van der Waals surface area contributed by atoms with Crippen LogP contribution in [0.15, 0.2) is 6.33 Å². The number of thioether (sulfide) groups is 1. The van der Waals surface area contributed by atoms with E-state index in [9.17, 15) is 0 Å².